The van der Waals surface area contributed by atoms with Crippen molar-refractivity contribution >= 4 is 17.2 Å². The minimum absolute atomic E-state index is 0.485. The van der Waals surface area contributed by atoms with Crippen molar-refractivity contribution in [3.63, 3.8) is 0 Å². The molecule has 2 nitrogen and oxygen atoms in total. The molecule has 0 aromatic rings. The van der Waals surface area contributed by atoms with E-state index in [4.69, 9.17) is 12.2 Å². The normalized spacial score (nSPS) is 13.4. The predicted octanol–water partition coefficient (Wildman–Crippen LogP) is 2.54. The molecule has 0 heterocycles. The maximum atomic E-state index is 5.30. The molecule has 0 bridgehead atoms. The molecule has 1 atom stereocenters. The van der Waals surface area contributed by atoms with Crippen LogP contribution in [-0.2, 0) is 0 Å². The van der Waals surface area contributed by atoms with Gasteiger partial charge in [-0.25, -0.2) is 0 Å². The number of rotatable bonds is 6. The third kappa shape index (κ3) is 7.27. The van der Waals surface area contributed by atoms with Gasteiger partial charge in [-0.2, -0.15) is 0 Å². The van der Waals surface area contributed by atoms with Gasteiger partial charge < -0.3 is 5.32 Å². The third-order valence-electron chi connectivity index (χ3n) is 2.05. The summed E-state index contributed by atoms with van der Waals surface area (Å²) in [5.74, 6) is 1.20. The molecule has 0 saturated carbocycles. The van der Waals surface area contributed by atoms with Gasteiger partial charge >= 0.3 is 0 Å². The van der Waals surface area contributed by atoms with E-state index in [0.29, 0.717) is 17.9 Å². The quantitative estimate of drug-likeness (QED) is 0.527. The maximum Gasteiger partial charge on any atom is 0.0792 e. The molecule has 1 unspecified atom stereocenters. The van der Waals surface area contributed by atoms with Crippen molar-refractivity contribution in [2.75, 3.05) is 6.67 Å². The first kappa shape index (κ1) is 13.8. The Hall–Kier alpha value is -0.150. The molecule has 3 heteroatoms. The van der Waals surface area contributed by atoms with Crippen LogP contribution in [-0.4, -0.2) is 17.7 Å². The van der Waals surface area contributed by atoms with Crippen LogP contribution in [0.15, 0.2) is 0 Å². The summed E-state index contributed by atoms with van der Waals surface area (Å²) in [7, 11) is 0. The molecule has 2 N–H and O–H groups in total. The first-order valence-corrected chi connectivity index (χ1v) is 5.85. The van der Waals surface area contributed by atoms with Crippen LogP contribution in [0.3, 0.4) is 0 Å². The third-order valence-corrected chi connectivity index (χ3v) is 2.59. The van der Waals surface area contributed by atoms with Crippen molar-refractivity contribution < 1.29 is 0 Å². The average Bonchev–Trinajstić information content (AvgIpc) is 2.01. The lowest BCUT2D eigenvalue weighted by Gasteiger charge is -2.18. The Bertz CT molecular complexity index is 167. The molecule has 14 heavy (non-hydrogen) atoms. The first-order valence-electron chi connectivity index (χ1n) is 5.44. The second kappa shape index (κ2) is 7.18. The van der Waals surface area contributed by atoms with Crippen molar-refractivity contribution in [3.05, 3.63) is 0 Å². The Labute approximate surface area is 93.8 Å². The zero-order valence-corrected chi connectivity index (χ0v) is 10.9. The number of nitrogens with one attached hydrogen (secondary N) is 2. The highest BCUT2D eigenvalue weighted by molar-refractivity contribution is 7.80. The molecule has 0 rings (SSSR count). The fourth-order valence-electron chi connectivity index (χ4n) is 1.33. The molecule has 0 amide bonds. The smallest absolute Gasteiger partial charge is 0.0792 e. The molecule has 0 fully saturated rings. The Kier molecular flexibility index (Phi) is 7.11. The van der Waals surface area contributed by atoms with Gasteiger partial charge in [0.25, 0.3) is 0 Å². The van der Waals surface area contributed by atoms with Crippen LogP contribution in [0.1, 0.15) is 41.0 Å². The van der Waals surface area contributed by atoms with Crippen molar-refractivity contribution in [3.8, 4) is 0 Å². The van der Waals surface area contributed by atoms with E-state index in [2.05, 4.69) is 45.3 Å². The van der Waals surface area contributed by atoms with E-state index in [1.165, 1.54) is 0 Å². The lowest BCUT2D eigenvalue weighted by atomic mass is 9.99. The molecular weight excluding hydrogens is 192 g/mol. The standard InChI is InChI=1S/C11H24N2S/c1-8(2)6-10(5)11(14)13-7-12-9(3)4/h8-10,12H,6-7H2,1-5H3,(H,13,14). The highest BCUT2D eigenvalue weighted by Crippen LogP contribution is 2.11. The average molecular weight is 216 g/mol. The van der Waals surface area contributed by atoms with E-state index < -0.39 is 0 Å². The van der Waals surface area contributed by atoms with Crippen LogP contribution in [0.4, 0.5) is 0 Å². The van der Waals surface area contributed by atoms with Gasteiger partial charge in [-0.1, -0.05) is 33.0 Å². The van der Waals surface area contributed by atoms with Crippen LogP contribution < -0.4 is 10.6 Å². The summed E-state index contributed by atoms with van der Waals surface area (Å²) in [6.45, 7) is 11.7. The summed E-state index contributed by atoms with van der Waals surface area (Å²) < 4.78 is 0. The largest absolute Gasteiger partial charge is 0.367 e. The second-order valence-electron chi connectivity index (χ2n) is 4.61. The van der Waals surface area contributed by atoms with Crippen molar-refractivity contribution in [1.82, 2.24) is 10.6 Å². The number of thiocarbonyl (C=S) groups is 1. The minimum atomic E-state index is 0.485. The Morgan fingerprint density at radius 3 is 2.14 bits per heavy atom. The van der Waals surface area contributed by atoms with Crippen molar-refractivity contribution in [2.45, 2.75) is 47.1 Å². The van der Waals surface area contributed by atoms with Crippen LogP contribution in [0, 0.1) is 11.8 Å². The SMILES string of the molecule is CC(C)CC(C)C(=S)NCNC(C)C. The minimum Gasteiger partial charge on any atom is -0.367 e. The van der Waals surface area contributed by atoms with E-state index in [1.54, 1.807) is 0 Å². The summed E-state index contributed by atoms with van der Waals surface area (Å²) in [6, 6.07) is 0.505. The number of hydrogen-bond donors (Lipinski definition) is 2. The highest BCUT2D eigenvalue weighted by atomic mass is 32.1. The Morgan fingerprint density at radius 2 is 1.71 bits per heavy atom. The molecule has 0 spiro atoms. The lowest BCUT2D eigenvalue weighted by molar-refractivity contribution is 0.509. The van der Waals surface area contributed by atoms with E-state index >= 15 is 0 Å². The predicted molar refractivity (Wildman–Crippen MR) is 67.5 cm³/mol. The van der Waals surface area contributed by atoms with E-state index in [9.17, 15) is 0 Å². The fourth-order valence-corrected chi connectivity index (χ4v) is 1.50. The topological polar surface area (TPSA) is 24.1 Å². The van der Waals surface area contributed by atoms with Gasteiger partial charge in [0.2, 0.25) is 0 Å². The second-order valence-corrected chi connectivity index (χ2v) is 5.05. The van der Waals surface area contributed by atoms with Crippen LogP contribution in [0.25, 0.3) is 0 Å². The van der Waals surface area contributed by atoms with Crippen molar-refractivity contribution in [1.29, 1.82) is 0 Å². The van der Waals surface area contributed by atoms with Crippen LogP contribution >= 0.6 is 12.2 Å². The molecule has 0 aliphatic rings. The molecule has 0 aliphatic heterocycles. The molecule has 0 aromatic heterocycles. The lowest BCUT2D eigenvalue weighted by Crippen LogP contribution is -2.38. The zero-order valence-electron chi connectivity index (χ0n) is 10.1. The summed E-state index contributed by atoms with van der Waals surface area (Å²) in [5, 5.41) is 6.53. The highest BCUT2D eigenvalue weighted by Gasteiger charge is 2.09. The van der Waals surface area contributed by atoms with E-state index in [1.807, 2.05) is 0 Å². The molecular formula is C11H24N2S. The molecule has 0 saturated heterocycles. The summed E-state index contributed by atoms with van der Waals surface area (Å²) in [5.41, 5.74) is 0. The maximum absolute atomic E-state index is 5.30. The first-order chi connectivity index (χ1) is 6.43. The summed E-state index contributed by atoms with van der Waals surface area (Å²) >= 11 is 5.30. The van der Waals surface area contributed by atoms with Gasteiger partial charge in [0.1, 0.15) is 0 Å². The Morgan fingerprint density at radius 1 is 1.14 bits per heavy atom. The zero-order chi connectivity index (χ0) is 11.1. The molecule has 0 radical (unpaired) electrons. The molecule has 84 valence electrons. The van der Waals surface area contributed by atoms with E-state index in [0.717, 1.165) is 18.1 Å². The van der Waals surface area contributed by atoms with Gasteiger partial charge in [0.05, 0.1) is 11.7 Å². The summed E-state index contributed by atoms with van der Waals surface area (Å²) in [4.78, 5) is 0.979. The monoisotopic (exact) mass is 216 g/mol. The van der Waals surface area contributed by atoms with Gasteiger partial charge in [-0.3, -0.25) is 5.32 Å². The van der Waals surface area contributed by atoms with Gasteiger partial charge in [-0.05, 0) is 26.2 Å². The van der Waals surface area contributed by atoms with Gasteiger partial charge in [0, 0.05) is 12.0 Å². The van der Waals surface area contributed by atoms with Gasteiger partial charge in [0.15, 0.2) is 0 Å². The van der Waals surface area contributed by atoms with Crippen LogP contribution in [0.2, 0.25) is 0 Å². The fraction of sp³-hybridized carbons (Fsp3) is 0.909. The van der Waals surface area contributed by atoms with Crippen LogP contribution in [0.5, 0.6) is 0 Å². The molecule has 0 aliphatic carbocycles. The summed E-state index contributed by atoms with van der Waals surface area (Å²) in [6.07, 6.45) is 1.16. The van der Waals surface area contributed by atoms with E-state index in [-0.39, 0.29) is 0 Å². The van der Waals surface area contributed by atoms with Crippen molar-refractivity contribution in [2.24, 2.45) is 11.8 Å². The van der Waals surface area contributed by atoms with Gasteiger partial charge in [-0.15, -0.1) is 0 Å². The Balaban J connectivity index is 3.62. The molecule has 0 aromatic carbocycles. The number of hydrogen-bond acceptors (Lipinski definition) is 2.